The summed E-state index contributed by atoms with van der Waals surface area (Å²) >= 11 is 0. The van der Waals surface area contributed by atoms with Crippen molar-refractivity contribution in [2.24, 2.45) is 0 Å². The van der Waals surface area contributed by atoms with Crippen molar-refractivity contribution in [1.82, 2.24) is 9.97 Å². The molecular formula is C23H17N3O4S. The Kier molecular flexibility index (Phi) is 4.48. The molecule has 3 N–H and O–H groups in total. The van der Waals surface area contributed by atoms with Crippen LogP contribution in [0.15, 0.2) is 94.6 Å². The molecule has 0 saturated heterocycles. The molecule has 0 amide bonds. The molecule has 4 aromatic carbocycles. The predicted molar refractivity (Wildman–Crippen MR) is 120 cm³/mol. The number of ether oxygens (including phenoxy) is 1. The summed E-state index contributed by atoms with van der Waals surface area (Å²) in [4.78, 5) is 17.2. The molecule has 0 unspecified atom stereocenters. The zero-order chi connectivity index (χ0) is 21.4. The molecule has 0 fully saturated rings. The quantitative estimate of drug-likeness (QED) is 0.378. The molecule has 0 aliphatic rings. The number of para-hydroxylation sites is 1. The second-order valence-electron chi connectivity index (χ2n) is 6.97. The number of hydrogen-bond donors (Lipinski definition) is 3. The third kappa shape index (κ3) is 3.64. The lowest BCUT2D eigenvalue weighted by Crippen LogP contribution is -2.13. The first kappa shape index (κ1) is 19.0. The summed E-state index contributed by atoms with van der Waals surface area (Å²) in [5, 5.41) is 1.49. The summed E-state index contributed by atoms with van der Waals surface area (Å²) < 4.78 is 34.7. The molecule has 0 spiro atoms. The maximum Gasteiger partial charge on any atom is 0.323 e. The number of aromatic amines is 2. The van der Waals surface area contributed by atoms with Crippen LogP contribution in [-0.4, -0.2) is 18.4 Å². The number of nitrogens with one attached hydrogen (secondary N) is 3. The zero-order valence-corrected chi connectivity index (χ0v) is 16.9. The Bertz CT molecular complexity index is 1580. The Hall–Kier alpha value is -4.04. The first-order valence-electron chi connectivity index (χ1n) is 9.49. The average molecular weight is 431 g/mol. The van der Waals surface area contributed by atoms with Gasteiger partial charge in [0.1, 0.15) is 11.3 Å². The molecule has 0 aliphatic carbocycles. The molecule has 7 nitrogen and oxygen atoms in total. The molecule has 0 saturated carbocycles. The van der Waals surface area contributed by atoms with E-state index in [0.717, 1.165) is 5.39 Å². The van der Waals surface area contributed by atoms with E-state index in [1.54, 1.807) is 60.7 Å². The summed E-state index contributed by atoms with van der Waals surface area (Å²) in [7, 11) is -3.82. The van der Waals surface area contributed by atoms with E-state index >= 15 is 0 Å². The second kappa shape index (κ2) is 7.33. The normalized spacial score (nSPS) is 11.6. The van der Waals surface area contributed by atoms with E-state index in [1.165, 1.54) is 0 Å². The fraction of sp³-hybridized carbons (Fsp3) is 0. The molecule has 0 atom stereocenters. The second-order valence-corrected chi connectivity index (χ2v) is 8.62. The first-order valence-corrected chi connectivity index (χ1v) is 11.0. The predicted octanol–water partition coefficient (Wildman–Crippen LogP) is 4.60. The topological polar surface area (TPSA) is 104 Å². The largest absolute Gasteiger partial charge is 0.455 e. The van der Waals surface area contributed by atoms with Crippen LogP contribution in [0.1, 0.15) is 0 Å². The van der Waals surface area contributed by atoms with E-state index in [1.807, 2.05) is 24.3 Å². The van der Waals surface area contributed by atoms with Crippen molar-refractivity contribution in [2.45, 2.75) is 4.90 Å². The molecule has 1 aromatic heterocycles. The third-order valence-electron chi connectivity index (χ3n) is 4.87. The minimum atomic E-state index is -3.82. The van der Waals surface area contributed by atoms with Crippen LogP contribution in [0.3, 0.4) is 0 Å². The lowest BCUT2D eigenvalue weighted by molar-refractivity contribution is 0.487. The zero-order valence-electron chi connectivity index (χ0n) is 16.1. The van der Waals surface area contributed by atoms with Crippen LogP contribution in [-0.2, 0) is 10.0 Å². The number of benzene rings is 4. The van der Waals surface area contributed by atoms with Crippen LogP contribution in [0.25, 0.3) is 21.8 Å². The van der Waals surface area contributed by atoms with Crippen LogP contribution in [0.2, 0.25) is 0 Å². The van der Waals surface area contributed by atoms with Gasteiger partial charge in [0.25, 0.3) is 10.0 Å². The SMILES string of the molecule is O=c1[nH]c2cccc(Oc3cccc(NS(=O)(=O)c4cccc5ccccc45)c3)c2[nH]1. The van der Waals surface area contributed by atoms with Gasteiger partial charge in [-0.15, -0.1) is 0 Å². The molecule has 5 rings (SSSR count). The van der Waals surface area contributed by atoms with E-state index in [9.17, 15) is 13.2 Å². The van der Waals surface area contributed by atoms with Crippen molar-refractivity contribution >= 4 is 37.5 Å². The highest BCUT2D eigenvalue weighted by Crippen LogP contribution is 2.30. The van der Waals surface area contributed by atoms with Crippen molar-refractivity contribution in [2.75, 3.05) is 4.72 Å². The Morgan fingerprint density at radius 2 is 1.58 bits per heavy atom. The Balaban J connectivity index is 1.47. The first-order chi connectivity index (χ1) is 15.0. The minimum Gasteiger partial charge on any atom is -0.455 e. The van der Waals surface area contributed by atoms with Gasteiger partial charge >= 0.3 is 5.69 Å². The number of fused-ring (bicyclic) bond motifs is 2. The third-order valence-corrected chi connectivity index (χ3v) is 6.31. The maximum atomic E-state index is 13.1. The standard InChI is InChI=1S/C23H17N3O4S/c27-23-24-19-11-5-12-20(22(19)25-23)30-17-9-4-8-16(14-17)26-31(28,29)21-13-3-7-15-6-1-2-10-18(15)21/h1-14,26H,(H2,24,25,27). The number of imidazole rings is 1. The van der Waals surface area contributed by atoms with Crippen LogP contribution < -0.4 is 15.1 Å². The molecule has 154 valence electrons. The van der Waals surface area contributed by atoms with Crippen LogP contribution in [0.4, 0.5) is 5.69 Å². The van der Waals surface area contributed by atoms with Crippen molar-refractivity contribution in [3.8, 4) is 11.5 Å². The monoisotopic (exact) mass is 431 g/mol. The van der Waals surface area contributed by atoms with Gasteiger partial charge in [-0.25, -0.2) is 13.2 Å². The van der Waals surface area contributed by atoms with E-state index in [-0.39, 0.29) is 10.6 Å². The van der Waals surface area contributed by atoms with Gasteiger partial charge in [-0.2, -0.15) is 0 Å². The highest BCUT2D eigenvalue weighted by molar-refractivity contribution is 7.93. The summed E-state index contributed by atoms with van der Waals surface area (Å²) in [6.07, 6.45) is 0. The van der Waals surface area contributed by atoms with Gasteiger partial charge in [-0.05, 0) is 35.7 Å². The van der Waals surface area contributed by atoms with Gasteiger partial charge in [0.05, 0.1) is 16.1 Å². The van der Waals surface area contributed by atoms with Crippen molar-refractivity contribution in [3.05, 3.63) is 95.4 Å². The van der Waals surface area contributed by atoms with Crippen LogP contribution in [0, 0.1) is 0 Å². The smallest absolute Gasteiger partial charge is 0.323 e. The summed E-state index contributed by atoms with van der Waals surface area (Å²) in [6, 6.07) is 24.4. The van der Waals surface area contributed by atoms with E-state index in [4.69, 9.17) is 4.74 Å². The molecule has 0 bridgehead atoms. The Labute approximate surface area is 177 Å². The average Bonchev–Trinajstić information content (AvgIpc) is 3.14. The van der Waals surface area contributed by atoms with E-state index < -0.39 is 10.0 Å². The number of H-pyrrole nitrogens is 2. The van der Waals surface area contributed by atoms with Gasteiger partial charge in [-0.3, -0.25) is 4.72 Å². The van der Waals surface area contributed by atoms with Gasteiger partial charge in [0.15, 0.2) is 5.75 Å². The summed E-state index contributed by atoms with van der Waals surface area (Å²) in [6.45, 7) is 0. The molecule has 1 heterocycles. The van der Waals surface area contributed by atoms with Gasteiger partial charge in [0.2, 0.25) is 0 Å². The highest BCUT2D eigenvalue weighted by Gasteiger charge is 2.17. The van der Waals surface area contributed by atoms with Crippen LogP contribution >= 0.6 is 0 Å². The lowest BCUT2D eigenvalue weighted by atomic mass is 10.1. The molecule has 31 heavy (non-hydrogen) atoms. The number of aromatic nitrogens is 2. The van der Waals surface area contributed by atoms with Gasteiger partial charge in [0, 0.05) is 11.5 Å². The lowest BCUT2D eigenvalue weighted by Gasteiger charge is -2.12. The fourth-order valence-electron chi connectivity index (χ4n) is 3.51. The maximum absolute atomic E-state index is 13.1. The van der Waals surface area contributed by atoms with Crippen molar-refractivity contribution in [3.63, 3.8) is 0 Å². The molecule has 5 aromatic rings. The van der Waals surface area contributed by atoms with Crippen LogP contribution in [0.5, 0.6) is 11.5 Å². The fourth-order valence-corrected chi connectivity index (χ4v) is 4.79. The van der Waals surface area contributed by atoms with Crippen molar-refractivity contribution < 1.29 is 13.2 Å². The summed E-state index contributed by atoms with van der Waals surface area (Å²) in [5.41, 5.74) is 1.19. The summed E-state index contributed by atoms with van der Waals surface area (Å²) in [5.74, 6) is 0.873. The van der Waals surface area contributed by atoms with E-state index in [2.05, 4.69) is 14.7 Å². The Morgan fingerprint density at radius 1 is 0.806 bits per heavy atom. The van der Waals surface area contributed by atoms with Gasteiger partial charge < -0.3 is 14.7 Å². The number of hydrogen-bond acceptors (Lipinski definition) is 4. The molecule has 0 radical (unpaired) electrons. The Morgan fingerprint density at radius 3 is 2.48 bits per heavy atom. The van der Waals surface area contributed by atoms with Crippen molar-refractivity contribution in [1.29, 1.82) is 0 Å². The number of sulfonamides is 1. The molecule has 0 aliphatic heterocycles. The number of rotatable bonds is 5. The molecular weight excluding hydrogens is 414 g/mol. The number of anilines is 1. The minimum absolute atomic E-state index is 0.201. The van der Waals surface area contributed by atoms with E-state index in [0.29, 0.717) is 33.6 Å². The van der Waals surface area contributed by atoms with Gasteiger partial charge in [-0.1, -0.05) is 48.5 Å². The molecule has 8 heteroatoms. The highest BCUT2D eigenvalue weighted by atomic mass is 32.2.